The first-order valence-electron chi connectivity index (χ1n) is 7.21. The van der Waals surface area contributed by atoms with Crippen molar-refractivity contribution in [1.29, 1.82) is 0 Å². The van der Waals surface area contributed by atoms with E-state index in [1.165, 1.54) is 0 Å². The molecule has 1 fully saturated rings. The molecule has 2 rings (SSSR count). The zero-order valence-electron chi connectivity index (χ0n) is 11.8. The van der Waals surface area contributed by atoms with Crippen LogP contribution in [0.3, 0.4) is 0 Å². The SMILES string of the molecule is NC(=O)Nc1ccc(C(=O)NC2CCCCCC2O)cc1. The van der Waals surface area contributed by atoms with Gasteiger partial charge in [0.1, 0.15) is 0 Å². The van der Waals surface area contributed by atoms with Crippen molar-refractivity contribution in [3.05, 3.63) is 29.8 Å². The number of benzene rings is 1. The number of anilines is 1. The molecule has 1 aromatic rings. The van der Waals surface area contributed by atoms with E-state index in [-0.39, 0.29) is 11.9 Å². The molecule has 0 aliphatic heterocycles. The van der Waals surface area contributed by atoms with E-state index in [0.29, 0.717) is 11.3 Å². The van der Waals surface area contributed by atoms with Crippen molar-refractivity contribution in [3.63, 3.8) is 0 Å². The summed E-state index contributed by atoms with van der Waals surface area (Å²) in [5.74, 6) is -0.216. The maximum absolute atomic E-state index is 12.2. The van der Waals surface area contributed by atoms with E-state index in [1.54, 1.807) is 24.3 Å². The molecule has 0 bridgehead atoms. The van der Waals surface area contributed by atoms with Gasteiger partial charge >= 0.3 is 6.03 Å². The van der Waals surface area contributed by atoms with Gasteiger partial charge in [0.15, 0.2) is 0 Å². The Morgan fingerprint density at radius 1 is 1.10 bits per heavy atom. The lowest BCUT2D eigenvalue weighted by molar-refractivity contribution is 0.0819. The third-order valence-electron chi connectivity index (χ3n) is 3.71. The molecule has 5 N–H and O–H groups in total. The van der Waals surface area contributed by atoms with Crippen LogP contribution in [-0.2, 0) is 0 Å². The first kappa shape index (κ1) is 15.3. The van der Waals surface area contributed by atoms with Crippen LogP contribution in [0.15, 0.2) is 24.3 Å². The summed E-state index contributed by atoms with van der Waals surface area (Å²) >= 11 is 0. The van der Waals surface area contributed by atoms with Crippen LogP contribution >= 0.6 is 0 Å². The zero-order chi connectivity index (χ0) is 15.2. The van der Waals surface area contributed by atoms with Gasteiger partial charge in [-0.1, -0.05) is 19.3 Å². The molecule has 2 atom stereocenters. The predicted molar refractivity (Wildman–Crippen MR) is 80.0 cm³/mol. The Hall–Kier alpha value is -2.08. The highest BCUT2D eigenvalue weighted by Crippen LogP contribution is 2.18. The van der Waals surface area contributed by atoms with Gasteiger partial charge in [-0.05, 0) is 37.1 Å². The van der Waals surface area contributed by atoms with Crippen molar-refractivity contribution in [2.75, 3.05) is 5.32 Å². The van der Waals surface area contributed by atoms with Gasteiger partial charge in [-0.25, -0.2) is 4.79 Å². The lowest BCUT2D eigenvalue weighted by Crippen LogP contribution is -2.42. The molecule has 3 amide bonds. The number of rotatable bonds is 3. The molecule has 6 nitrogen and oxygen atoms in total. The van der Waals surface area contributed by atoms with Gasteiger partial charge in [-0.3, -0.25) is 4.79 Å². The Morgan fingerprint density at radius 2 is 1.76 bits per heavy atom. The summed E-state index contributed by atoms with van der Waals surface area (Å²) in [6.45, 7) is 0. The second kappa shape index (κ2) is 7.08. The van der Waals surface area contributed by atoms with E-state index in [0.717, 1.165) is 32.1 Å². The molecule has 1 aromatic carbocycles. The largest absolute Gasteiger partial charge is 0.391 e. The van der Waals surface area contributed by atoms with Crippen molar-refractivity contribution >= 4 is 17.6 Å². The minimum absolute atomic E-state index is 0.191. The molecule has 1 aliphatic carbocycles. The molecule has 1 saturated carbocycles. The number of carbonyl (C=O) groups excluding carboxylic acids is 2. The van der Waals surface area contributed by atoms with E-state index in [2.05, 4.69) is 10.6 Å². The number of aliphatic hydroxyl groups excluding tert-OH is 1. The number of primary amides is 1. The van der Waals surface area contributed by atoms with Crippen molar-refractivity contribution in [1.82, 2.24) is 5.32 Å². The highest BCUT2D eigenvalue weighted by molar-refractivity contribution is 5.95. The average molecular weight is 291 g/mol. The number of amides is 3. The minimum Gasteiger partial charge on any atom is -0.391 e. The Balaban J connectivity index is 1.97. The maximum atomic E-state index is 12.2. The molecule has 0 spiro atoms. The first-order valence-corrected chi connectivity index (χ1v) is 7.21. The third kappa shape index (κ3) is 4.46. The summed E-state index contributed by atoms with van der Waals surface area (Å²) in [5.41, 5.74) is 6.04. The zero-order valence-corrected chi connectivity index (χ0v) is 11.8. The summed E-state index contributed by atoms with van der Waals surface area (Å²) in [6.07, 6.45) is 4.16. The first-order chi connectivity index (χ1) is 10.1. The molecule has 1 aliphatic rings. The minimum atomic E-state index is -0.645. The fraction of sp³-hybridized carbons (Fsp3) is 0.467. The summed E-state index contributed by atoms with van der Waals surface area (Å²) < 4.78 is 0. The fourth-order valence-corrected chi connectivity index (χ4v) is 2.56. The molecule has 0 heterocycles. The Morgan fingerprint density at radius 3 is 2.43 bits per heavy atom. The predicted octanol–water partition coefficient (Wildman–Crippen LogP) is 1.60. The highest BCUT2D eigenvalue weighted by Gasteiger charge is 2.23. The van der Waals surface area contributed by atoms with Crippen molar-refractivity contribution < 1.29 is 14.7 Å². The van der Waals surface area contributed by atoms with Crippen LogP contribution in [0.25, 0.3) is 0 Å². The van der Waals surface area contributed by atoms with Crippen LogP contribution in [0, 0.1) is 0 Å². The molecular formula is C15H21N3O3. The number of carbonyl (C=O) groups is 2. The maximum Gasteiger partial charge on any atom is 0.316 e. The third-order valence-corrected chi connectivity index (χ3v) is 3.71. The number of hydrogen-bond donors (Lipinski definition) is 4. The van der Waals surface area contributed by atoms with E-state index in [9.17, 15) is 14.7 Å². The van der Waals surface area contributed by atoms with Gasteiger partial charge in [0.25, 0.3) is 5.91 Å². The summed E-state index contributed by atoms with van der Waals surface area (Å²) in [4.78, 5) is 22.9. The molecule has 21 heavy (non-hydrogen) atoms. The van der Waals surface area contributed by atoms with E-state index < -0.39 is 12.1 Å². The van der Waals surface area contributed by atoms with Crippen LogP contribution < -0.4 is 16.4 Å². The lowest BCUT2D eigenvalue weighted by atomic mass is 10.1. The van der Waals surface area contributed by atoms with Gasteiger partial charge in [-0.15, -0.1) is 0 Å². The molecule has 2 unspecified atom stereocenters. The number of urea groups is 1. The smallest absolute Gasteiger partial charge is 0.316 e. The van der Waals surface area contributed by atoms with Crippen molar-refractivity contribution in [2.24, 2.45) is 5.73 Å². The van der Waals surface area contributed by atoms with E-state index in [1.807, 2.05) is 0 Å². The molecule has 0 aromatic heterocycles. The monoisotopic (exact) mass is 291 g/mol. The Kier molecular flexibility index (Phi) is 5.16. The fourth-order valence-electron chi connectivity index (χ4n) is 2.56. The summed E-state index contributed by atoms with van der Waals surface area (Å²) in [5, 5.41) is 15.3. The molecule has 114 valence electrons. The van der Waals surface area contributed by atoms with Gasteiger partial charge in [0, 0.05) is 11.3 Å². The number of nitrogens with one attached hydrogen (secondary N) is 2. The highest BCUT2D eigenvalue weighted by atomic mass is 16.3. The summed E-state index contributed by atoms with van der Waals surface area (Å²) in [6, 6.07) is 5.62. The van der Waals surface area contributed by atoms with Gasteiger partial charge in [0.2, 0.25) is 0 Å². The van der Waals surface area contributed by atoms with E-state index >= 15 is 0 Å². The molecule has 0 saturated heterocycles. The van der Waals surface area contributed by atoms with Crippen molar-refractivity contribution in [2.45, 2.75) is 44.2 Å². The number of aliphatic hydroxyl groups is 1. The van der Waals surface area contributed by atoms with Crippen LogP contribution in [0.5, 0.6) is 0 Å². The molecule has 6 heteroatoms. The number of nitrogens with two attached hydrogens (primary N) is 1. The van der Waals surface area contributed by atoms with Crippen LogP contribution in [0.4, 0.5) is 10.5 Å². The number of hydrogen-bond acceptors (Lipinski definition) is 3. The normalized spacial score (nSPS) is 22.1. The second-order valence-corrected chi connectivity index (χ2v) is 5.35. The van der Waals surface area contributed by atoms with Gasteiger partial charge in [0.05, 0.1) is 12.1 Å². The van der Waals surface area contributed by atoms with Gasteiger partial charge < -0.3 is 21.5 Å². The van der Waals surface area contributed by atoms with Crippen LogP contribution in [-0.4, -0.2) is 29.2 Å². The van der Waals surface area contributed by atoms with Crippen LogP contribution in [0.2, 0.25) is 0 Å². The average Bonchev–Trinajstić information content (AvgIpc) is 2.64. The van der Waals surface area contributed by atoms with Gasteiger partial charge in [-0.2, -0.15) is 0 Å². The quantitative estimate of drug-likeness (QED) is 0.636. The summed E-state index contributed by atoms with van der Waals surface area (Å²) in [7, 11) is 0. The molecule has 0 radical (unpaired) electrons. The Bertz CT molecular complexity index is 501. The standard InChI is InChI=1S/C15H21N3O3/c16-15(21)17-11-8-6-10(7-9-11)14(20)18-12-4-2-1-3-5-13(12)19/h6-9,12-13,19H,1-5H2,(H,18,20)(H3,16,17,21). The van der Waals surface area contributed by atoms with E-state index in [4.69, 9.17) is 5.73 Å². The topological polar surface area (TPSA) is 104 Å². The molecular weight excluding hydrogens is 270 g/mol. The second-order valence-electron chi connectivity index (χ2n) is 5.35. The van der Waals surface area contributed by atoms with Crippen molar-refractivity contribution in [3.8, 4) is 0 Å². The van der Waals surface area contributed by atoms with Crippen LogP contribution in [0.1, 0.15) is 42.5 Å². The Labute approximate surface area is 123 Å². The lowest BCUT2D eigenvalue weighted by Gasteiger charge is -2.21.